The molecule has 0 atom stereocenters. The first-order chi connectivity index (χ1) is 9.50. The maximum atomic E-state index is 12.5. The molecule has 4 heteroatoms. The van der Waals surface area contributed by atoms with Gasteiger partial charge in [0.25, 0.3) is 0 Å². The molecule has 0 bridgehead atoms. The lowest BCUT2D eigenvalue weighted by molar-refractivity contribution is 0.103. The van der Waals surface area contributed by atoms with Gasteiger partial charge in [-0.05, 0) is 25.5 Å². The van der Waals surface area contributed by atoms with Gasteiger partial charge < -0.3 is 10.7 Å². The average Bonchev–Trinajstić information content (AvgIpc) is 2.46. The summed E-state index contributed by atoms with van der Waals surface area (Å²) >= 11 is 0. The van der Waals surface area contributed by atoms with Gasteiger partial charge in [-0.15, -0.1) is 0 Å². The van der Waals surface area contributed by atoms with Crippen molar-refractivity contribution in [3.8, 4) is 0 Å². The molecule has 4 nitrogen and oxygen atoms in total. The highest BCUT2D eigenvalue weighted by Gasteiger charge is 2.15. The van der Waals surface area contributed by atoms with Gasteiger partial charge in [-0.2, -0.15) is 0 Å². The summed E-state index contributed by atoms with van der Waals surface area (Å²) in [6, 6.07) is 11.8. The molecular formula is C16H16N2O2. The molecule has 102 valence electrons. The fraction of sp³-hybridized carbons (Fsp3) is 0.125. The van der Waals surface area contributed by atoms with Gasteiger partial charge in [0.05, 0.1) is 5.69 Å². The van der Waals surface area contributed by atoms with Crippen LogP contribution in [0, 0.1) is 0 Å². The summed E-state index contributed by atoms with van der Waals surface area (Å²) in [5, 5.41) is 0. The number of rotatable bonds is 3. The predicted octanol–water partition coefficient (Wildman–Crippen LogP) is 2.32. The van der Waals surface area contributed by atoms with Crippen LogP contribution in [0.15, 0.2) is 53.0 Å². The Morgan fingerprint density at radius 1 is 1.05 bits per heavy atom. The van der Waals surface area contributed by atoms with Crippen LogP contribution >= 0.6 is 0 Å². The monoisotopic (exact) mass is 268 g/mol. The Kier molecular flexibility index (Phi) is 3.84. The van der Waals surface area contributed by atoms with Crippen molar-refractivity contribution in [2.24, 2.45) is 5.73 Å². The second-order valence-corrected chi connectivity index (χ2v) is 4.61. The molecule has 1 aromatic carbocycles. The summed E-state index contributed by atoms with van der Waals surface area (Å²) in [6.45, 7) is 3.51. The molecule has 0 unspecified atom stereocenters. The Labute approximate surface area is 117 Å². The van der Waals surface area contributed by atoms with Crippen LogP contribution in [0.1, 0.15) is 35.5 Å². The number of benzene rings is 1. The van der Waals surface area contributed by atoms with Crippen molar-refractivity contribution in [1.29, 1.82) is 0 Å². The summed E-state index contributed by atoms with van der Waals surface area (Å²) < 4.78 is 0. The molecule has 0 saturated carbocycles. The number of nitrogens with two attached hydrogens (primary N) is 1. The first-order valence-corrected chi connectivity index (χ1v) is 6.27. The van der Waals surface area contributed by atoms with Crippen LogP contribution in [0.3, 0.4) is 0 Å². The van der Waals surface area contributed by atoms with Crippen LogP contribution in [-0.2, 0) is 0 Å². The molecule has 0 saturated heterocycles. The van der Waals surface area contributed by atoms with E-state index in [1.807, 2.05) is 6.07 Å². The van der Waals surface area contributed by atoms with E-state index in [0.29, 0.717) is 28.1 Å². The van der Waals surface area contributed by atoms with Crippen LogP contribution in [0.4, 0.5) is 0 Å². The SMILES string of the molecule is CC(N)=C(C)c1[nH]c(=O)ccc1C(=O)c1ccccc1. The lowest BCUT2D eigenvalue weighted by Gasteiger charge is -2.10. The molecule has 1 heterocycles. The Hall–Kier alpha value is -2.62. The van der Waals surface area contributed by atoms with Crippen molar-refractivity contribution in [3.63, 3.8) is 0 Å². The molecular weight excluding hydrogens is 252 g/mol. The number of hydrogen-bond acceptors (Lipinski definition) is 3. The maximum Gasteiger partial charge on any atom is 0.248 e. The number of allylic oxidation sites excluding steroid dienone is 2. The van der Waals surface area contributed by atoms with Gasteiger partial charge in [0, 0.05) is 22.9 Å². The number of H-pyrrole nitrogens is 1. The van der Waals surface area contributed by atoms with Crippen molar-refractivity contribution in [2.45, 2.75) is 13.8 Å². The van der Waals surface area contributed by atoms with E-state index in [-0.39, 0.29) is 11.3 Å². The third-order valence-electron chi connectivity index (χ3n) is 3.17. The Bertz CT molecular complexity index is 724. The minimum Gasteiger partial charge on any atom is -0.402 e. The molecule has 2 aromatic rings. The summed E-state index contributed by atoms with van der Waals surface area (Å²) in [5.41, 5.74) is 8.27. The molecule has 1 aromatic heterocycles. The quantitative estimate of drug-likeness (QED) is 0.839. The van der Waals surface area contributed by atoms with E-state index in [9.17, 15) is 9.59 Å². The zero-order valence-electron chi connectivity index (χ0n) is 11.4. The van der Waals surface area contributed by atoms with Crippen molar-refractivity contribution in [2.75, 3.05) is 0 Å². The third kappa shape index (κ3) is 2.69. The zero-order chi connectivity index (χ0) is 14.7. The smallest absolute Gasteiger partial charge is 0.248 e. The second kappa shape index (κ2) is 5.57. The van der Waals surface area contributed by atoms with Gasteiger partial charge in [0.2, 0.25) is 5.56 Å². The largest absolute Gasteiger partial charge is 0.402 e. The van der Waals surface area contributed by atoms with Crippen molar-refractivity contribution < 1.29 is 4.79 Å². The standard InChI is InChI=1S/C16H16N2O2/c1-10(11(2)17)15-13(8-9-14(19)18-15)16(20)12-6-4-3-5-7-12/h3-9H,17H2,1-2H3,(H,18,19). The highest BCUT2D eigenvalue weighted by Crippen LogP contribution is 2.19. The first kappa shape index (κ1) is 13.8. The van der Waals surface area contributed by atoms with Crippen molar-refractivity contribution >= 4 is 11.4 Å². The lowest BCUT2D eigenvalue weighted by atomic mass is 9.98. The van der Waals surface area contributed by atoms with Crippen molar-refractivity contribution in [1.82, 2.24) is 4.98 Å². The van der Waals surface area contributed by atoms with E-state index in [4.69, 9.17) is 5.73 Å². The van der Waals surface area contributed by atoms with Gasteiger partial charge in [0.15, 0.2) is 5.78 Å². The molecule has 0 amide bonds. The highest BCUT2D eigenvalue weighted by atomic mass is 16.1. The minimum absolute atomic E-state index is 0.141. The van der Waals surface area contributed by atoms with E-state index in [0.717, 1.165) is 0 Å². The molecule has 0 radical (unpaired) electrons. The summed E-state index contributed by atoms with van der Waals surface area (Å²) in [4.78, 5) is 26.7. The fourth-order valence-corrected chi connectivity index (χ4v) is 1.90. The molecule has 2 rings (SSSR count). The maximum absolute atomic E-state index is 12.5. The topological polar surface area (TPSA) is 76.0 Å². The van der Waals surface area contributed by atoms with E-state index in [2.05, 4.69) is 4.98 Å². The second-order valence-electron chi connectivity index (χ2n) is 4.61. The van der Waals surface area contributed by atoms with E-state index >= 15 is 0 Å². The molecule has 0 aliphatic heterocycles. The number of ketones is 1. The summed E-state index contributed by atoms with van der Waals surface area (Å²) in [7, 11) is 0. The van der Waals surface area contributed by atoms with Crippen LogP contribution in [-0.4, -0.2) is 10.8 Å². The van der Waals surface area contributed by atoms with Crippen LogP contribution in [0.25, 0.3) is 5.57 Å². The van der Waals surface area contributed by atoms with Crippen LogP contribution < -0.4 is 11.3 Å². The Morgan fingerprint density at radius 3 is 2.30 bits per heavy atom. The molecule has 0 aliphatic carbocycles. The number of aromatic amines is 1. The Morgan fingerprint density at radius 2 is 1.70 bits per heavy atom. The molecule has 20 heavy (non-hydrogen) atoms. The van der Waals surface area contributed by atoms with Gasteiger partial charge in [-0.1, -0.05) is 30.3 Å². The van der Waals surface area contributed by atoms with E-state index in [1.165, 1.54) is 12.1 Å². The number of hydrogen-bond donors (Lipinski definition) is 2. The number of aromatic nitrogens is 1. The van der Waals surface area contributed by atoms with Gasteiger partial charge >= 0.3 is 0 Å². The minimum atomic E-state index is -0.259. The first-order valence-electron chi connectivity index (χ1n) is 6.27. The number of pyridine rings is 1. The van der Waals surface area contributed by atoms with Gasteiger partial charge in [-0.25, -0.2) is 0 Å². The van der Waals surface area contributed by atoms with E-state index < -0.39 is 0 Å². The summed E-state index contributed by atoms with van der Waals surface area (Å²) in [5.74, 6) is -0.141. The summed E-state index contributed by atoms with van der Waals surface area (Å²) in [6.07, 6.45) is 0. The molecule has 0 fully saturated rings. The highest BCUT2D eigenvalue weighted by molar-refractivity contribution is 6.11. The fourth-order valence-electron chi connectivity index (χ4n) is 1.90. The Balaban J connectivity index is 2.61. The average molecular weight is 268 g/mol. The number of nitrogens with one attached hydrogen (secondary N) is 1. The molecule has 0 aliphatic rings. The number of carbonyl (C=O) groups is 1. The van der Waals surface area contributed by atoms with Crippen LogP contribution in [0.2, 0.25) is 0 Å². The predicted molar refractivity (Wildman–Crippen MR) is 79.4 cm³/mol. The lowest BCUT2D eigenvalue weighted by Crippen LogP contribution is -2.14. The molecule has 0 spiro atoms. The normalized spacial score (nSPS) is 11.9. The van der Waals surface area contributed by atoms with Gasteiger partial charge in [0.1, 0.15) is 0 Å². The van der Waals surface area contributed by atoms with Crippen molar-refractivity contribution in [3.05, 3.63) is 75.3 Å². The molecule has 3 N–H and O–H groups in total. The van der Waals surface area contributed by atoms with Gasteiger partial charge in [-0.3, -0.25) is 9.59 Å². The van der Waals surface area contributed by atoms with Crippen LogP contribution in [0.5, 0.6) is 0 Å². The zero-order valence-corrected chi connectivity index (χ0v) is 11.4. The number of carbonyl (C=O) groups excluding carboxylic acids is 1. The third-order valence-corrected chi connectivity index (χ3v) is 3.17. The van der Waals surface area contributed by atoms with E-state index in [1.54, 1.807) is 38.1 Å².